The molecular formula is C22H17I2N3O2S. The first-order valence-corrected chi connectivity index (χ1v) is 12.2. The van der Waals surface area contributed by atoms with E-state index in [4.69, 9.17) is 4.74 Å². The van der Waals surface area contributed by atoms with Crippen LogP contribution in [0.2, 0.25) is 0 Å². The number of anilines is 1. The van der Waals surface area contributed by atoms with Crippen molar-refractivity contribution in [1.29, 1.82) is 10.5 Å². The zero-order chi connectivity index (χ0) is 21.7. The van der Waals surface area contributed by atoms with Crippen LogP contribution in [0.25, 0.3) is 6.08 Å². The number of amides is 1. The van der Waals surface area contributed by atoms with Crippen molar-refractivity contribution in [3.05, 3.63) is 59.1 Å². The van der Waals surface area contributed by atoms with Gasteiger partial charge in [0.2, 0.25) is 0 Å². The summed E-state index contributed by atoms with van der Waals surface area (Å²) in [4.78, 5) is 13.9. The summed E-state index contributed by atoms with van der Waals surface area (Å²) in [5.74, 6) is 0.239. The first-order chi connectivity index (χ1) is 14.5. The van der Waals surface area contributed by atoms with Gasteiger partial charge in [0.15, 0.2) is 0 Å². The van der Waals surface area contributed by atoms with Gasteiger partial charge in [-0.15, -0.1) is 11.3 Å². The number of hydrogen-bond donors (Lipinski definition) is 1. The van der Waals surface area contributed by atoms with E-state index in [1.807, 2.05) is 18.2 Å². The van der Waals surface area contributed by atoms with Gasteiger partial charge in [-0.05, 0) is 100 Å². The Bertz CT molecular complexity index is 1100. The van der Waals surface area contributed by atoms with Crippen molar-refractivity contribution < 1.29 is 9.53 Å². The molecule has 0 fully saturated rings. The number of nitrogens with one attached hydrogen (secondary N) is 1. The van der Waals surface area contributed by atoms with E-state index in [0.717, 1.165) is 54.6 Å². The van der Waals surface area contributed by atoms with Crippen LogP contribution >= 0.6 is 56.5 Å². The molecule has 1 aliphatic carbocycles. The third-order valence-electron chi connectivity index (χ3n) is 4.55. The van der Waals surface area contributed by atoms with Gasteiger partial charge in [-0.1, -0.05) is 12.7 Å². The van der Waals surface area contributed by atoms with Gasteiger partial charge in [0.25, 0.3) is 5.91 Å². The molecule has 0 saturated heterocycles. The second-order valence-electron chi connectivity index (χ2n) is 6.56. The molecule has 2 aromatic rings. The van der Waals surface area contributed by atoms with E-state index in [9.17, 15) is 15.3 Å². The molecule has 8 heteroatoms. The lowest BCUT2D eigenvalue weighted by Gasteiger charge is -2.10. The van der Waals surface area contributed by atoms with Crippen LogP contribution in [0.5, 0.6) is 5.75 Å². The lowest BCUT2D eigenvalue weighted by atomic mass is 9.96. The molecule has 30 heavy (non-hydrogen) atoms. The van der Waals surface area contributed by atoms with Gasteiger partial charge in [-0.3, -0.25) is 4.79 Å². The van der Waals surface area contributed by atoms with Crippen molar-refractivity contribution in [2.45, 2.75) is 25.7 Å². The number of rotatable bonds is 6. The number of hydrogen-bond acceptors (Lipinski definition) is 5. The number of nitrogens with zero attached hydrogens (tertiary/aromatic N) is 2. The fourth-order valence-electron chi connectivity index (χ4n) is 3.20. The minimum Gasteiger partial charge on any atom is -0.487 e. The van der Waals surface area contributed by atoms with Gasteiger partial charge < -0.3 is 10.1 Å². The van der Waals surface area contributed by atoms with Crippen molar-refractivity contribution >= 4 is 73.5 Å². The molecule has 0 bridgehead atoms. The number of halogens is 2. The summed E-state index contributed by atoms with van der Waals surface area (Å²) in [6, 6.07) is 7.92. The summed E-state index contributed by atoms with van der Waals surface area (Å²) < 4.78 is 7.42. The third-order valence-corrected chi connectivity index (χ3v) is 7.36. The number of benzene rings is 1. The molecule has 0 saturated carbocycles. The zero-order valence-electron chi connectivity index (χ0n) is 15.9. The average Bonchev–Trinajstić information content (AvgIpc) is 3.08. The normalized spacial score (nSPS) is 13.0. The van der Waals surface area contributed by atoms with Gasteiger partial charge in [0.05, 0.1) is 12.7 Å². The molecule has 0 radical (unpaired) electrons. The first kappa shape index (κ1) is 22.8. The molecule has 1 amide bonds. The maximum absolute atomic E-state index is 12.8. The summed E-state index contributed by atoms with van der Waals surface area (Å²) in [5, 5.41) is 22.4. The number of fused-ring (bicyclic) bond motifs is 1. The molecule has 152 valence electrons. The molecular weight excluding hydrogens is 624 g/mol. The Kier molecular flexibility index (Phi) is 7.92. The summed E-state index contributed by atoms with van der Waals surface area (Å²) in [5.41, 5.74) is 2.29. The molecule has 1 heterocycles. The Balaban J connectivity index is 1.86. The van der Waals surface area contributed by atoms with Crippen LogP contribution in [-0.2, 0) is 17.6 Å². The predicted molar refractivity (Wildman–Crippen MR) is 135 cm³/mol. The maximum atomic E-state index is 12.8. The van der Waals surface area contributed by atoms with Gasteiger partial charge in [-0.2, -0.15) is 10.5 Å². The Morgan fingerprint density at radius 3 is 2.60 bits per heavy atom. The van der Waals surface area contributed by atoms with Crippen molar-refractivity contribution in [2.75, 3.05) is 11.9 Å². The van der Waals surface area contributed by atoms with Crippen LogP contribution in [0.3, 0.4) is 0 Å². The minimum atomic E-state index is -0.510. The summed E-state index contributed by atoms with van der Waals surface area (Å²) in [6.07, 6.45) is 7.18. The van der Waals surface area contributed by atoms with E-state index < -0.39 is 5.91 Å². The van der Waals surface area contributed by atoms with E-state index >= 15 is 0 Å². The summed E-state index contributed by atoms with van der Waals surface area (Å²) in [7, 11) is 0. The molecule has 3 rings (SSSR count). The van der Waals surface area contributed by atoms with E-state index in [1.54, 1.807) is 12.2 Å². The number of carbonyl (C=O) groups is 1. The third kappa shape index (κ3) is 5.05. The summed E-state index contributed by atoms with van der Waals surface area (Å²) in [6.45, 7) is 4.05. The highest BCUT2D eigenvalue weighted by Gasteiger charge is 2.22. The van der Waals surface area contributed by atoms with Crippen LogP contribution in [0, 0.1) is 29.8 Å². The fraction of sp³-hybridized carbons (Fsp3) is 0.227. The van der Waals surface area contributed by atoms with Crippen molar-refractivity contribution in [3.8, 4) is 17.9 Å². The SMILES string of the molecule is C=CCOc1c(I)cc(C=C(C#N)C(=O)Nc2sc3c(c2C#N)CCCC3)cc1I. The van der Waals surface area contributed by atoms with Crippen LogP contribution < -0.4 is 10.1 Å². The summed E-state index contributed by atoms with van der Waals surface area (Å²) >= 11 is 5.78. The second kappa shape index (κ2) is 10.4. The van der Waals surface area contributed by atoms with Crippen LogP contribution in [-0.4, -0.2) is 12.5 Å². The Labute approximate surface area is 206 Å². The Morgan fingerprint density at radius 2 is 1.97 bits per heavy atom. The number of aryl methyl sites for hydroxylation is 1. The quantitative estimate of drug-likeness (QED) is 0.187. The molecule has 0 atom stereocenters. The largest absolute Gasteiger partial charge is 0.487 e. The number of ether oxygens (including phenoxy) is 1. The topological polar surface area (TPSA) is 85.9 Å². The van der Waals surface area contributed by atoms with Crippen molar-refractivity contribution in [3.63, 3.8) is 0 Å². The average molecular weight is 641 g/mol. The molecule has 0 unspecified atom stereocenters. The van der Waals surface area contributed by atoms with Crippen LogP contribution in [0.4, 0.5) is 5.00 Å². The highest BCUT2D eigenvalue weighted by Crippen LogP contribution is 2.38. The standard InChI is InChI=1S/C22H17I2N3O2S/c1-2-7-29-20-17(23)9-13(10-18(20)24)8-14(11-25)21(28)27-22-16(12-26)15-5-3-4-6-19(15)30-22/h2,8-10H,1,3-7H2,(H,27,28). The van der Waals surface area contributed by atoms with Crippen LogP contribution in [0.1, 0.15) is 34.4 Å². The molecule has 0 aliphatic heterocycles. The lowest BCUT2D eigenvalue weighted by molar-refractivity contribution is -0.112. The second-order valence-corrected chi connectivity index (χ2v) is 9.99. The minimum absolute atomic E-state index is 0.0170. The molecule has 1 aromatic heterocycles. The van der Waals surface area contributed by atoms with Gasteiger partial charge >= 0.3 is 0 Å². The Morgan fingerprint density at radius 1 is 1.27 bits per heavy atom. The van der Waals surface area contributed by atoms with Gasteiger partial charge in [0.1, 0.15) is 35.1 Å². The molecule has 5 nitrogen and oxygen atoms in total. The number of thiophene rings is 1. The number of carbonyl (C=O) groups excluding carboxylic acids is 1. The number of nitriles is 2. The fourth-order valence-corrected chi connectivity index (χ4v) is 6.56. The maximum Gasteiger partial charge on any atom is 0.266 e. The highest BCUT2D eigenvalue weighted by molar-refractivity contribution is 14.1. The zero-order valence-corrected chi connectivity index (χ0v) is 21.1. The van der Waals surface area contributed by atoms with E-state index in [1.165, 1.54) is 11.3 Å². The smallest absolute Gasteiger partial charge is 0.266 e. The predicted octanol–water partition coefficient (Wildman–Crippen LogP) is 5.82. The van der Waals surface area contributed by atoms with Gasteiger partial charge in [0, 0.05) is 4.88 Å². The molecule has 1 aliphatic rings. The lowest BCUT2D eigenvalue weighted by Crippen LogP contribution is -2.13. The van der Waals surface area contributed by atoms with Crippen LogP contribution in [0.15, 0.2) is 30.4 Å². The van der Waals surface area contributed by atoms with Crippen molar-refractivity contribution in [1.82, 2.24) is 0 Å². The molecule has 1 N–H and O–H groups in total. The van der Waals surface area contributed by atoms with E-state index in [0.29, 0.717) is 17.2 Å². The Hall–Kier alpha value is -1.89. The molecule has 1 aromatic carbocycles. The van der Waals surface area contributed by atoms with E-state index in [-0.39, 0.29) is 5.57 Å². The van der Waals surface area contributed by atoms with Crippen molar-refractivity contribution in [2.24, 2.45) is 0 Å². The highest BCUT2D eigenvalue weighted by atomic mass is 127. The first-order valence-electron chi connectivity index (χ1n) is 9.19. The molecule has 0 spiro atoms. The monoisotopic (exact) mass is 641 g/mol. The van der Waals surface area contributed by atoms with Gasteiger partial charge in [-0.25, -0.2) is 0 Å². The van der Waals surface area contributed by atoms with E-state index in [2.05, 4.69) is 63.1 Å².